The van der Waals surface area contributed by atoms with Crippen LogP contribution >= 0.6 is 0 Å². The van der Waals surface area contributed by atoms with Crippen molar-refractivity contribution in [2.24, 2.45) is 11.7 Å². The summed E-state index contributed by atoms with van der Waals surface area (Å²) in [6.07, 6.45) is -2.67. The molecule has 0 bridgehead atoms. The zero-order valence-corrected chi connectivity index (χ0v) is 12.1. The van der Waals surface area contributed by atoms with Crippen molar-refractivity contribution in [2.75, 3.05) is 18.4 Å². The molecule has 0 aromatic heterocycles. The van der Waals surface area contributed by atoms with Gasteiger partial charge in [-0.15, -0.1) is 8.78 Å². The van der Waals surface area contributed by atoms with E-state index in [9.17, 15) is 18.4 Å². The quantitative estimate of drug-likeness (QED) is 0.865. The van der Waals surface area contributed by atoms with E-state index in [1.807, 2.05) is 0 Å². The number of urea groups is 1. The fourth-order valence-corrected chi connectivity index (χ4v) is 2.60. The molecule has 124 valence electrons. The smallest absolute Gasteiger partial charge is 0.395 e. The van der Waals surface area contributed by atoms with Crippen molar-refractivity contribution >= 4 is 17.6 Å². The number of carbonyl (C=O) groups is 2. The lowest BCUT2D eigenvalue weighted by Crippen LogP contribution is -2.43. The third-order valence-electron chi connectivity index (χ3n) is 3.84. The predicted molar refractivity (Wildman–Crippen MR) is 75.2 cm³/mol. The number of hydrogen-bond acceptors (Lipinski definition) is 4. The number of nitrogens with one attached hydrogen (secondary N) is 1. The number of carbonyl (C=O) groups excluding carboxylic acids is 2. The lowest BCUT2D eigenvalue weighted by molar-refractivity contribution is -0.286. The van der Waals surface area contributed by atoms with Crippen LogP contribution in [-0.4, -0.2) is 36.2 Å². The number of nitrogens with two attached hydrogens (primary N) is 1. The molecule has 1 aromatic carbocycles. The number of anilines is 1. The van der Waals surface area contributed by atoms with Crippen LogP contribution in [0.1, 0.15) is 12.8 Å². The number of nitrogens with zero attached hydrogens (tertiary/aromatic N) is 1. The van der Waals surface area contributed by atoms with E-state index in [0.29, 0.717) is 31.6 Å². The number of fused-ring (bicyclic) bond motifs is 1. The van der Waals surface area contributed by atoms with Crippen molar-refractivity contribution < 1.29 is 27.8 Å². The number of amides is 3. The predicted octanol–water partition coefficient (Wildman–Crippen LogP) is 1.74. The number of piperidine rings is 1. The molecule has 0 aliphatic carbocycles. The summed E-state index contributed by atoms with van der Waals surface area (Å²) in [5.41, 5.74) is 5.55. The summed E-state index contributed by atoms with van der Waals surface area (Å²) in [6.45, 7) is 0.810. The van der Waals surface area contributed by atoms with Gasteiger partial charge in [-0.3, -0.25) is 4.79 Å². The van der Waals surface area contributed by atoms with Gasteiger partial charge >= 0.3 is 12.3 Å². The van der Waals surface area contributed by atoms with Crippen molar-refractivity contribution in [2.45, 2.75) is 19.1 Å². The normalized spacial score (nSPS) is 19.5. The molecule has 0 atom stereocenters. The van der Waals surface area contributed by atoms with Gasteiger partial charge in [0.15, 0.2) is 11.5 Å². The molecule has 23 heavy (non-hydrogen) atoms. The van der Waals surface area contributed by atoms with E-state index in [1.54, 1.807) is 4.90 Å². The monoisotopic (exact) mass is 327 g/mol. The fraction of sp³-hybridized carbons (Fsp3) is 0.429. The second-order valence-corrected chi connectivity index (χ2v) is 5.42. The van der Waals surface area contributed by atoms with Crippen molar-refractivity contribution in [1.29, 1.82) is 0 Å². The number of rotatable bonds is 2. The van der Waals surface area contributed by atoms with Crippen LogP contribution in [0.15, 0.2) is 18.2 Å². The fourth-order valence-electron chi connectivity index (χ4n) is 2.60. The van der Waals surface area contributed by atoms with Crippen molar-refractivity contribution in [3.05, 3.63) is 18.2 Å². The molecular weight excluding hydrogens is 312 g/mol. The van der Waals surface area contributed by atoms with E-state index in [4.69, 9.17) is 5.73 Å². The van der Waals surface area contributed by atoms with Gasteiger partial charge in [-0.25, -0.2) is 4.79 Å². The average molecular weight is 327 g/mol. The molecule has 0 unspecified atom stereocenters. The Hall–Kier alpha value is -2.58. The molecule has 2 aliphatic rings. The molecule has 1 aromatic rings. The second-order valence-electron chi connectivity index (χ2n) is 5.42. The number of halogens is 2. The minimum absolute atomic E-state index is 0.0877. The Morgan fingerprint density at radius 1 is 1.22 bits per heavy atom. The first kappa shape index (κ1) is 15.3. The first-order valence-electron chi connectivity index (χ1n) is 7.09. The van der Waals surface area contributed by atoms with Gasteiger partial charge in [0.05, 0.1) is 0 Å². The summed E-state index contributed by atoms with van der Waals surface area (Å²) >= 11 is 0. The van der Waals surface area contributed by atoms with E-state index >= 15 is 0 Å². The topological polar surface area (TPSA) is 93.9 Å². The van der Waals surface area contributed by atoms with Gasteiger partial charge in [0.1, 0.15) is 0 Å². The average Bonchev–Trinajstić information content (AvgIpc) is 2.80. The standard InChI is InChI=1S/C14H15F2N3O4/c15-14(16)22-10-2-1-9(7-11(10)23-14)18-13(21)19-5-3-8(4-6-19)12(17)20/h1-2,7-8H,3-6H2,(H2,17,20)(H,18,21). The van der Waals surface area contributed by atoms with Gasteiger partial charge in [0.25, 0.3) is 0 Å². The minimum Gasteiger partial charge on any atom is -0.395 e. The Morgan fingerprint density at radius 3 is 2.52 bits per heavy atom. The Bertz CT molecular complexity index is 645. The van der Waals surface area contributed by atoms with Gasteiger partial charge in [-0.1, -0.05) is 0 Å². The number of primary amides is 1. The minimum atomic E-state index is -3.69. The Labute approximate surface area is 130 Å². The summed E-state index contributed by atoms with van der Waals surface area (Å²) < 4.78 is 34.5. The molecule has 2 aliphatic heterocycles. The van der Waals surface area contributed by atoms with Gasteiger partial charge in [-0.2, -0.15) is 0 Å². The molecule has 3 N–H and O–H groups in total. The highest BCUT2D eigenvalue weighted by atomic mass is 19.3. The molecule has 1 fully saturated rings. The van der Waals surface area contributed by atoms with Crippen LogP contribution in [0.5, 0.6) is 11.5 Å². The van der Waals surface area contributed by atoms with E-state index < -0.39 is 6.29 Å². The molecule has 0 spiro atoms. The summed E-state index contributed by atoms with van der Waals surface area (Å²) in [7, 11) is 0. The summed E-state index contributed by atoms with van der Waals surface area (Å²) in [4.78, 5) is 24.8. The largest absolute Gasteiger partial charge is 0.586 e. The highest BCUT2D eigenvalue weighted by Crippen LogP contribution is 2.42. The van der Waals surface area contributed by atoms with Gasteiger partial charge in [-0.05, 0) is 25.0 Å². The van der Waals surface area contributed by atoms with Crippen LogP contribution in [0.4, 0.5) is 19.3 Å². The summed E-state index contributed by atoms with van der Waals surface area (Å²) in [6, 6.07) is 3.63. The third kappa shape index (κ3) is 3.27. The highest BCUT2D eigenvalue weighted by molar-refractivity contribution is 5.90. The van der Waals surface area contributed by atoms with Crippen LogP contribution < -0.4 is 20.5 Å². The van der Waals surface area contributed by atoms with E-state index in [1.165, 1.54) is 18.2 Å². The number of alkyl halides is 2. The SMILES string of the molecule is NC(=O)C1CCN(C(=O)Nc2ccc3c(c2)OC(F)(F)O3)CC1. The van der Waals surface area contributed by atoms with E-state index in [0.717, 1.165) is 0 Å². The first-order chi connectivity index (χ1) is 10.8. The van der Waals surface area contributed by atoms with E-state index in [-0.39, 0.29) is 29.4 Å². The number of hydrogen-bond donors (Lipinski definition) is 2. The molecular formula is C14H15F2N3O4. The molecule has 3 amide bonds. The zero-order valence-electron chi connectivity index (χ0n) is 12.1. The van der Waals surface area contributed by atoms with Crippen LogP contribution in [0, 0.1) is 5.92 Å². The van der Waals surface area contributed by atoms with Crippen LogP contribution in [0.3, 0.4) is 0 Å². The Kier molecular flexibility index (Phi) is 3.70. The molecule has 3 rings (SSSR count). The molecule has 2 heterocycles. The summed E-state index contributed by atoms with van der Waals surface area (Å²) in [5, 5.41) is 2.60. The summed E-state index contributed by atoms with van der Waals surface area (Å²) in [5.74, 6) is -0.802. The highest BCUT2D eigenvalue weighted by Gasteiger charge is 2.43. The van der Waals surface area contributed by atoms with Crippen molar-refractivity contribution in [1.82, 2.24) is 4.90 Å². The first-order valence-corrected chi connectivity index (χ1v) is 7.09. The second kappa shape index (κ2) is 5.56. The third-order valence-corrected chi connectivity index (χ3v) is 3.84. The lowest BCUT2D eigenvalue weighted by Gasteiger charge is -2.30. The van der Waals surface area contributed by atoms with Gasteiger partial charge in [0, 0.05) is 30.8 Å². The van der Waals surface area contributed by atoms with Crippen molar-refractivity contribution in [3.8, 4) is 11.5 Å². The molecule has 1 saturated heterocycles. The number of likely N-dealkylation sites (tertiary alicyclic amines) is 1. The van der Waals surface area contributed by atoms with Gasteiger partial charge in [0.2, 0.25) is 5.91 Å². The Morgan fingerprint density at radius 2 is 1.87 bits per heavy atom. The Balaban J connectivity index is 1.60. The number of benzene rings is 1. The molecule has 0 saturated carbocycles. The maximum absolute atomic E-state index is 12.9. The lowest BCUT2D eigenvalue weighted by atomic mass is 9.96. The molecule has 9 heteroatoms. The maximum Gasteiger partial charge on any atom is 0.586 e. The number of ether oxygens (including phenoxy) is 2. The maximum atomic E-state index is 12.9. The van der Waals surface area contributed by atoms with Crippen LogP contribution in [0.25, 0.3) is 0 Å². The molecule has 7 nitrogen and oxygen atoms in total. The van der Waals surface area contributed by atoms with Gasteiger partial charge < -0.3 is 25.4 Å². The molecule has 0 radical (unpaired) electrons. The zero-order chi connectivity index (χ0) is 16.6. The van der Waals surface area contributed by atoms with Crippen LogP contribution in [0.2, 0.25) is 0 Å². The van der Waals surface area contributed by atoms with Crippen molar-refractivity contribution in [3.63, 3.8) is 0 Å². The van der Waals surface area contributed by atoms with Crippen LogP contribution in [-0.2, 0) is 4.79 Å². The van der Waals surface area contributed by atoms with E-state index in [2.05, 4.69) is 14.8 Å².